The molecule has 100 valence electrons. The number of benzene rings is 1. The normalized spacial score (nSPS) is 9.21. The summed E-state index contributed by atoms with van der Waals surface area (Å²) < 4.78 is 4.72. The summed E-state index contributed by atoms with van der Waals surface area (Å²) in [5.74, 6) is 5.24. The first-order valence-corrected chi connectivity index (χ1v) is 6.08. The van der Waals surface area contributed by atoms with E-state index in [4.69, 9.17) is 4.74 Å². The Morgan fingerprint density at radius 2 is 2.11 bits per heavy atom. The van der Waals surface area contributed by atoms with Crippen LogP contribution in [0.1, 0.15) is 42.6 Å². The van der Waals surface area contributed by atoms with Gasteiger partial charge < -0.3 is 10.1 Å². The second-order valence-electron chi connectivity index (χ2n) is 3.95. The molecule has 0 fully saturated rings. The lowest BCUT2D eigenvalue weighted by Gasteiger charge is -2.09. The van der Waals surface area contributed by atoms with Gasteiger partial charge in [0.25, 0.3) is 0 Å². The topological polar surface area (TPSA) is 55.4 Å². The Hall–Kier alpha value is -2.28. The zero-order valence-corrected chi connectivity index (χ0v) is 11.4. The summed E-state index contributed by atoms with van der Waals surface area (Å²) in [6.45, 7) is 3.43. The highest BCUT2D eigenvalue weighted by molar-refractivity contribution is 5.97. The van der Waals surface area contributed by atoms with E-state index in [1.807, 2.05) is 6.92 Å². The minimum Gasteiger partial charge on any atom is -0.465 e. The number of ether oxygens (including phenoxy) is 1. The molecule has 4 heteroatoms. The van der Waals surface area contributed by atoms with Crippen molar-refractivity contribution >= 4 is 17.6 Å². The number of unbranched alkanes of at least 4 members (excludes halogenated alkanes) is 1. The third-order valence-electron chi connectivity index (χ3n) is 2.37. The molecule has 0 spiro atoms. The van der Waals surface area contributed by atoms with Crippen molar-refractivity contribution in [2.24, 2.45) is 0 Å². The molecule has 0 bridgehead atoms. The van der Waals surface area contributed by atoms with Gasteiger partial charge in [-0.25, -0.2) is 4.79 Å². The number of rotatable bonds is 3. The van der Waals surface area contributed by atoms with Gasteiger partial charge in [-0.15, -0.1) is 0 Å². The van der Waals surface area contributed by atoms with E-state index in [1.54, 1.807) is 18.2 Å². The first-order valence-electron chi connectivity index (χ1n) is 6.08. The SMILES string of the molecule is CCCC#Cc1c(NC(C)=O)cccc1C(=O)OC. The Bertz CT molecular complexity index is 538. The Morgan fingerprint density at radius 1 is 1.37 bits per heavy atom. The van der Waals surface area contributed by atoms with Crippen LogP contribution in [0.5, 0.6) is 0 Å². The Labute approximate surface area is 113 Å². The lowest BCUT2D eigenvalue weighted by molar-refractivity contribution is -0.114. The molecule has 1 amide bonds. The smallest absolute Gasteiger partial charge is 0.339 e. The maximum Gasteiger partial charge on any atom is 0.339 e. The van der Waals surface area contributed by atoms with Crippen molar-refractivity contribution in [2.75, 3.05) is 12.4 Å². The molecule has 0 aromatic heterocycles. The molecular weight excluding hydrogens is 242 g/mol. The minimum atomic E-state index is -0.465. The molecule has 0 unspecified atom stereocenters. The van der Waals surface area contributed by atoms with Crippen LogP contribution in [-0.4, -0.2) is 19.0 Å². The predicted octanol–water partition coefficient (Wildman–Crippen LogP) is 2.58. The fourth-order valence-corrected chi connectivity index (χ4v) is 1.54. The fraction of sp³-hybridized carbons (Fsp3) is 0.333. The molecule has 0 saturated heterocycles. The molecule has 0 radical (unpaired) electrons. The third kappa shape index (κ3) is 4.14. The van der Waals surface area contributed by atoms with Crippen LogP contribution in [0.15, 0.2) is 18.2 Å². The van der Waals surface area contributed by atoms with Gasteiger partial charge in [0.2, 0.25) is 5.91 Å². The van der Waals surface area contributed by atoms with Crippen LogP contribution in [0.2, 0.25) is 0 Å². The van der Waals surface area contributed by atoms with Crippen molar-refractivity contribution in [2.45, 2.75) is 26.7 Å². The van der Waals surface area contributed by atoms with E-state index >= 15 is 0 Å². The van der Waals surface area contributed by atoms with Crippen LogP contribution < -0.4 is 5.32 Å². The molecule has 0 heterocycles. The first kappa shape index (κ1) is 14.8. The Balaban J connectivity index is 3.28. The quantitative estimate of drug-likeness (QED) is 0.670. The number of carbonyl (C=O) groups is 2. The van der Waals surface area contributed by atoms with E-state index in [2.05, 4.69) is 17.2 Å². The number of anilines is 1. The van der Waals surface area contributed by atoms with Gasteiger partial charge in [0.15, 0.2) is 0 Å². The van der Waals surface area contributed by atoms with Crippen molar-refractivity contribution in [3.05, 3.63) is 29.3 Å². The molecule has 0 aliphatic carbocycles. The summed E-state index contributed by atoms with van der Waals surface area (Å²) in [6.07, 6.45) is 1.66. The van der Waals surface area contributed by atoms with Crippen molar-refractivity contribution in [1.82, 2.24) is 0 Å². The van der Waals surface area contributed by atoms with Crippen molar-refractivity contribution < 1.29 is 14.3 Å². The maximum absolute atomic E-state index is 11.7. The van der Waals surface area contributed by atoms with E-state index in [0.29, 0.717) is 16.8 Å². The van der Waals surface area contributed by atoms with Gasteiger partial charge in [0.1, 0.15) is 0 Å². The van der Waals surface area contributed by atoms with E-state index < -0.39 is 5.97 Å². The summed E-state index contributed by atoms with van der Waals surface area (Å²) in [7, 11) is 1.32. The summed E-state index contributed by atoms with van der Waals surface area (Å²) in [4.78, 5) is 22.9. The number of hydrogen-bond donors (Lipinski definition) is 1. The maximum atomic E-state index is 11.7. The number of carbonyl (C=O) groups excluding carboxylic acids is 2. The van der Waals surface area contributed by atoms with E-state index in [1.165, 1.54) is 14.0 Å². The van der Waals surface area contributed by atoms with Gasteiger partial charge in [0.05, 0.1) is 23.9 Å². The molecule has 0 saturated carbocycles. The highest BCUT2D eigenvalue weighted by Crippen LogP contribution is 2.20. The number of nitrogens with one attached hydrogen (secondary N) is 1. The first-order chi connectivity index (χ1) is 9.10. The number of amides is 1. The average molecular weight is 259 g/mol. The van der Waals surface area contributed by atoms with Crippen LogP contribution in [0.3, 0.4) is 0 Å². The average Bonchev–Trinajstić information content (AvgIpc) is 2.39. The molecular formula is C15H17NO3. The fourth-order valence-electron chi connectivity index (χ4n) is 1.54. The van der Waals surface area contributed by atoms with Crippen molar-refractivity contribution in [3.8, 4) is 11.8 Å². The van der Waals surface area contributed by atoms with Gasteiger partial charge in [-0.3, -0.25) is 4.79 Å². The second kappa shape index (κ2) is 7.22. The standard InChI is InChI=1S/C15H17NO3/c1-4-5-6-8-12-13(15(18)19-3)9-7-10-14(12)16-11(2)17/h7,9-10H,4-5H2,1-3H3,(H,16,17). The lowest BCUT2D eigenvalue weighted by atomic mass is 10.1. The Morgan fingerprint density at radius 3 is 2.68 bits per heavy atom. The van der Waals surface area contributed by atoms with Crippen LogP contribution in [0, 0.1) is 11.8 Å². The molecule has 0 aliphatic heterocycles. The van der Waals surface area contributed by atoms with Crippen molar-refractivity contribution in [3.63, 3.8) is 0 Å². The number of methoxy groups -OCH3 is 1. The molecule has 0 aliphatic rings. The summed E-state index contributed by atoms with van der Waals surface area (Å²) in [6, 6.07) is 5.03. The third-order valence-corrected chi connectivity index (χ3v) is 2.37. The molecule has 19 heavy (non-hydrogen) atoms. The van der Waals surface area contributed by atoms with Gasteiger partial charge >= 0.3 is 5.97 Å². The second-order valence-corrected chi connectivity index (χ2v) is 3.95. The van der Waals surface area contributed by atoms with E-state index in [-0.39, 0.29) is 5.91 Å². The zero-order chi connectivity index (χ0) is 14.3. The number of esters is 1. The molecule has 4 nitrogen and oxygen atoms in total. The van der Waals surface area contributed by atoms with Gasteiger partial charge in [-0.05, 0) is 18.6 Å². The monoisotopic (exact) mass is 259 g/mol. The largest absolute Gasteiger partial charge is 0.465 e. The number of hydrogen-bond acceptors (Lipinski definition) is 3. The van der Waals surface area contributed by atoms with Gasteiger partial charge in [0, 0.05) is 13.3 Å². The van der Waals surface area contributed by atoms with Crippen LogP contribution in [-0.2, 0) is 9.53 Å². The molecule has 0 atom stereocenters. The lowest BCUT2D eigenvalue weighted by Crippen LogP contribution is -2.11. The van der Waals surface area contributed by atoms with E-state index in [0.717, 1.165) is 12.8 Å². The zero-order valence-electron chi connectivity index (χ0n) is 11.4. The Kier molecular flexibility index (Phi) is 5.62. The highest BCUT2D eigenvalue weighted by Gasteiger charge is 2.14. The van der Waals surface area contributed by atoms with Crippen LogP contribution in [0.4, 0.5) is 5.69 Å². The van der Waals surface area contributed by atoms with Gasteiger partial charge in [-0.2, -0.15) is 0 Å². The van der Waals surface area contributed by atoms with Crippen molar-refractivity contribution in [1.29, 1.82) is 0 Å². The van der Waals surface area contributed by atoms with Crippen LogP contribution >= 0.6 is 0 Å². The summed E-state index contributed by atoms with van der Waals surface area (Å²) in [5.41, 5.74) is 1.38. The van der Waals surface area contributed by atoms with E-state index in [9.17, 15) is 9.59 Å². The molecule has 1 aromatic carbocycles. The molecule has 1 N–H and O–H groups in total. The van der Waals surface area contributed by atoms with Crippen LogP contribution in [0.25, 0.3) is 0 Å². The summed E-state index contributed by atoms with van der Waals surface area (Å²) >= 11 is 0. The molecule has 1 aromatic rings. The molecule has 1 rings (SSSR count). The highest BCUT2D eigenvalue weighted by atomic mass is 16.5. The minimum absolute atomic E-state index is 0.208. The van der Waals surface area contributed by atoms with Gasteiger partial charge in [-0.1, -0.05) is 24.8 Å². The predicted molar refractivity (Wildman–Crippen MR) is 73.9 cm³/mol. The summed E-state index contributed by atoms with van der Waals surface area (Å²) in [5, 5.41) is 2.67.